The van der Waals surface area contributed by atoms with Gasteiger partial charge in [-0.2, -0.15) is 0 Å². The van der Waals surface area contributed by atoms with E-state index in [1.165, 1.54) is 5.56 Å². The number of allylic oxidation sites excluding steroid dienone is 1. The summed E-state index contributed by atoms with van der Waals surface area (Å²) in [5, 5.41) is 3.91. The molecule has 88 valence electrons. The summed E-state index contributed by atoms with van der Waals surface area (Å²) < 4.78 is 0. The maximum atomic E-state index is 6.11. The highest BCUT2D eigenvalue weighted by molar-refractivity contribution is 6.33. The molecule has 1 rings (SSSR count). The Labute approximate surface area is 104 Å². The summed E-state index contributed by atoms with van der Waals surface area (Å²) in [6, 6.07) is 6.12. The molecule has 1 nitrogen and oxygen atoms in total. The first kappa shape index (κ1) is 13.1. The molecule has 0 unspecified atom stereocenters. The fourth-order valence-electron chi connectivity index (χ4n) is 1.62. The molecule has 0 aromatic heterocycles. The van der Waals surface area contributed by atoms with Crippen molar-refractivity contribution in [1.29, 1.82) is 0 Å². The summed E-state index contributed by atoms with van der Waals surface area (Å²) in [5.41, 5.74) is 3.42. The number of anilines is 1. The highest BCUT2D eigenvalue weighted by Gasteiger charge is 2.12. The second-order valence-corrected chi connectivity index (χ2v) is 5.86. The van der Waals surface area contributed by atoms with Gasteiger partial charge in [0.15, 0.2) is 0 Å². The van der Waals surface area contributed by atoms with Gasteiger partial charge in [-0.3, -0.25) is 0 Å². The molecular weight excluding hydrogens is 218 g/mol. The summed E-state index contributed by atoms with van der Waals surface area (Å²) in [5.74, 6) is 0. The molecule has 0 aliphatic heterocycles. The molecule has 0 aliphatic carbocycles. The lowest BCUT2D eigenvalue weighted by molar-refractivity contribution is 0.411. The topological polar surface area (TPSA) is 12.0 Å². The largest absolute Gasteiger partial charge is 0.359 e. The Balaban J connectivity index is 2.93. The van der Waals surface area contributed by atoms with Crippen molar-refractivity contribution in [1.82, 2.24) is 0 Å². The van der Waals surface area contributed by atoms with E-state index in [0.29, 0.717) is 0 Å². The van der Waals surface area contributed by atoms with Gasteiger partial charge in [-0.15, -0.1) is 0 Å². The van der Waals surface area contributed by atoms with Gasteiger partial charge in [-0.05, 0) is 36.5 Å². The zero-order valence-corrected chi connectivity index (χ0v) is 11.3. The molecule has 16 heavy (non-hydrogen) atoms. The minimum atomic E-state index is 0.286. The molecule has 0 bridgehead atoms. The van der Waals surface area contributed by atoms with E-state index in [0.717, 1.165) is 22.8 Å². The summed E-state index contributed by atoms with van der Waals surface area (Å²) in [6.45, 7) is 12.4. The Morgan fingerprint density at radius 3 is 2.50 bits per heavy atom. The van der Waals surface area contributed by atoms with Crippen LogP contribution in [0.2, 0.25) is 5.02 Å². The quantitative estimate of drug-likeness (QED) is 0.791. The molecule has 2 heteroatoms. The van der Waals surface area contributed by atoms with Crippen LogP contribution in [0.25, 0.3) is 0 Å². The van der Waals surface area contributed by atoms with Crippen LogP contribution in [0, 0.1) is 5.41 Å². The Bertz CT molecular complexity index is 388. The third-order valence-electron chi connectivity index (χ3n) is 2.11. The Morgan fingerprint density at radius 1 is 1.38 bits per heavy atom. The first-order valence-corrected chi connectivity index (χ1v) is 5.87. The predicted molar refractivity (Wildman–Crippen MR) is 73.0 cm³/mol. The van der Waals surface area contributed by atoms with Crippen LogP contribution in [0.4, 0.5) is 5.69 Å². The van der Waals surface area contributed by atoms with Gasteiger partial charge in [0.05, 0.1) is 10.7 Å². The summed E-state index contributed by atoms with van der Waals surface area (Å²) in [6.07, 6.45) is 1.04. The maximum absolute atomic E-state index is 6.11. The highest BCUT2D eigenvalue weighted by Crippen LogP contribution is 2.27. The van der Waals surface area contributed by atoms with Crippen LogP contribution in [-0.4, -0.2) is 0 Å². The van der Waals surface area contributed by atoms with Gasteiger partial charge in [0.2, 0.25) is 0 Å². The molecule has 0 radical (unpaired) electrons. The minimum Gasteiger partial charge on any atom is -0.359 e. The smallest absolute Gasteiger partial charge is 0.0641 e. The second kappa shape index (κ2) is 4.92. The molecule has 1 N–H and O–H groups in total. The molecule has 0 aliphatic rings. The van der Waals surface area contributed by atoms with Crippen molar-refractivity contribution < 1.29 is 0 Å². The normalized spacial score (nSPS) is 11.3. The molecule has 0 saturated heterocycles. The molecule has 1 aromatic carbocycles. The standard InChI is InChI=1S/C14H20ClN/c1-10(2)16-13-8-11(6-7-12(13)15)9-14(3,4)5/h6-8,16H,1,9H2,2-5H3. The predicted octanol–water partition coefficient (Wildman–Crippen LogP) is 4.87. The SMILES string of the molecule is C=C(C)Nc1cc(CC(C)(C)C)ccc1Cl. The van der Waals surface area contributed by atoms with Gasteiger partial charge < -0.3 is 5.32 Å². The molecule has 0 atom stereocenters. The summed E-state index contributed by atoms with van der Waals surface area (Å²) in [7, 11) is 0. The van der Waals surface area contributed by atoms with Crippen molar-refractivity contribution in [2.24, 2.45) is 5.41 Å². The number of hydrogen-bond acceptors (Lipinski definition) is 1. The molecule has 0 spiro atoms. The van der Waals surface area contributed by atoms with Crippen molar-refractivity contribution >= 4 is 17.3 Å². The van der Waals surface area contributed by atoms with E-state index in [4.69, 9.17) is 11.6 Å². The first-order valence-electron chi connectivity index (χ1n) is 5.49. The van der Waals surface area contributed by atoms with Crippen molar-refractivity contribution in [2.75, 3.05) is 5.32 Å². The van der Waals surface area contributed by atoms with Crippen LogP contribution in [0.5, 0.6) is 0 Å². The number of halogens is 1. The van der Waals surface area contributed by atoms with Crippen LogP contribution in [0.1, 0.15) is 33.3 Å². The van der Waals surface area contributed by atoms with E-state index in [1.54, 1.807) is 0 Å². The third-order valence-corrected chi connectivity index (χ3v) is 2.44. The van der Waals surface area contributed by atoms with E-state index in [1.807, 2.05) is 13.0 Å². The van der Waals surface area contributed by atoms with Gasteiger partial charge >= 0.3 is 0 Å². The molecule has 0 saturated carbocycles. The Hall–Kier alpha value is -0.950. The number of benzene rings is 1. The molecule has 1 aromatic rings. The van der Waals surface area contributed by atoms with Crippen LogP contribution in [0.3, 0.4) is 0 Å². The molecule has 0 fully saturated rings. The van der Waals surface area contributed by atoms with Gasteiger partial charge in [-0.1, -0.05) is 45.0 Å². The average Bonchev–Trinajstić information content (AvgIpc) is 2.07. The molecule has 0 heterocycles. The molecular formula is C14H20ClN. The average molecular weight is 238 g/mol. The number of nitrogens with one attached hydrogen (secondary N) is 1. The van der Waals surface area contributed by atoms with Gasteiger partial charge in [0, 0.05) is 5.70 Å². The van der Waals surface area contributed by atoms with Crippen LogP contribution >= 0.6 is 11.6 Å². The first-order chi connectivity index (χ1) is 7.28. The fourth-order valence-corrected chi connectivity index (χ4v) is 1.79. The zero-order valence-electron chi connectivity index (χ0n) is 10.5. The number of hydrogen-bond donors (Lipinski definition) is 1. The van der Waals surface area contributed by atoms with E-state index < -0.39 is 0 Å². The van der Waals surface area contributed by atoms with Crippen molar-refractivity contribution in [3.05, 3.63) is 41.1 Å². The lowest BCUT2D eigenvalue weighted by Crippen LogP contribution is -2.09. The lowest BCUT2D eigenvalue weighted by Gasteiger charge is -2.19. The van der Waals surface area contributed by atoms with Gasteiger partial charge in [0.1, 0.15) is 0 Å². The van der Waals surface area contributed by atoms with Crippen molar-refractivity contribution in [2.45, 2.75) is 34.1 Å². The summed E-state index contributed by atoms with van der Waals surface area (Å²) >= 11 is 6.11. The number of rotatable bonds is 3. The van der Waals surface area contributed by atoms with E-state index in [9.17, 15) is 0 Å². The third kappa shape index (κ3) is 4.28. The van der Waals surface area contributed by atoms with E-state index in [-0.39, 0.29) is 5.41 Å². The maximum Gasteiger partial charge on any atom is 0.0641 e. The second-order valence-electron chi connectivity index (χ2n) is 5.46. The lowest BCUT2D eigenvalue weighted by atomic mass is 9.88. The van der Waals surface area contributed by atoms with Gasteiger partial charge in [-0.25, -0.2) is 0 Å². The highest BCUT2D eigenvalue weighted by atomic mass is 35.5. The van der Waals surface area contributed by atoms with Crippen molar-refractivity contribution in [3.63, 3.8) is 0 Å². The van der Waals surface area contributed by atoms with Crippen molar-refractivity contribution in [3.8, 4) is 0 Å². The minimum absolute atomic E-state index is 0.286. The monoisotopic (exact) mass is 237 g/mol. The Morgan fingerprint density at radius 2 is 2.00 bits per heavy atom. The summed E-state index contributed by atoms with van der Waals surface area (Å²) in [4.78, 5) is 0. The van der Waals surface area contributed by atoms with E-state index in [2.05, 4.69) is 44.8 Å². The Kier molecular flexibility index (Phi) is 4.03. The van der Waals surface area contributed by atoms with E-state index >= 15 is 0 Å². The van der Waals surface area contributed by atoms with Crippen LogP contribution in [0.15, 0.2) is 30.5 Å². The van der Waals surface area contributed by atoms with Crippen LogP contribution < -0.4 is 5.32 Å². The molecule has 0 amide bonds. The van der Waals surface area contributed by atoms with Gasteiger partial charge in [0.25, 0.3) is 0 Å². The zero-order chi connectivity index (χ0) is 12.3. The van der Waals surface area contributed by atoms with Crippen LogP contribution in [-0.2, 0) is 6.42 Å². The fraction of sp³-hybridized carbons (Fsp3) is 0.429.